The minimum absolute atomic E-state index is 0.0404. The van der Waals surface area contributed by atoms with Crippen molar-refractivity contribution < 1.29 is 26.7 Å². The fraction of sp³-hybridized carbons (Fsp3) is 0.143. The number of halogens is 3. The van der Waals surface area contributed by atoms with Crippen molar-refractivity contribution in [3.05, 3.63) is 81.8 Å². The molecular formula is C21H16BrF2NO4S. The van der Waals surface area contributed by atoms with Gasteiger partial charge in [0.05, 0.1) is 11.3 Å². The predicted molar refractivity (Wildman–Crippen MR) is 112 cm³/mol. The molecule has 0 saturated carbocycles. The van der Waals surface area contributed by atoms with Gasteiger partial charge in [0, 0.05) is 10.0 Å². The average Bonchev–Trinajstić information content (AvgIpc) is 2.66. The van der Waals surface area contributed by atoms with Crippen molar-refractivity contribution in [2.75, 3.05) is 0 Å². The van der Waals surface area contributed by atoms with E-state index in [9.17, 15) is 17.2 Å². The summed E-state index contributed by atoms with van der Waals surface area (Å²) in [5.41, 5.74) is 2.93. The topological polar surface area (TPSA) is 78.6 Å². The fourth-order valence-corrected chi connectivity index (χ4v) is 4.61. The third-order valence-electron chi connectivity index (χ3n) is 4.63. The van der Waals surface area contributed by atoms with Crippen LogP contribution in [0.5, 0.6) is 11.5 Å². The first kappa shape index (κ1) is 20.8. The first-order valence-electron chi connectivity index (χ1n) is 8.85. The molecule has 0 amide bonds. The van der Waals surface area contributed by atoms with Crippen LogP contribution in [-0.4, -0.2) is 15.0 Å². The molecule has 3 aromatic rings. The lowest BCUT2D eigenvalue weighted by Gasteiger charge is -2.31. The Kier molecular flexibility index (Phi) is 5.52. The number of rotatable bonds is 5. The molecule has 1 aliphatic rings. The molecule has 2 N–H and O–H groups in total. The maximum absolute atomic E-state index is 13.0. The predicted octanol–water partition coefficient (Wildman–Crippen LogP) is 4.99. The number of alkyl halides is 2. The Morgan fingerprint density at radius 1 is 1.10 bits per heavy atom. The molecule has 3 aromatic carbocycles. The molecule has 30 heavy (non-hydrogen) atoms. The number of ether oxygens (including phenoxy) is 2. The average molecular weight is 496 g/mol. The Bertz CT molecular complexity index is 1200. The monoisotopic (exact) mass is 495 g/mol. The molecule has 1 unspecified atom stereocenters. The van der Waals surface area contributed by atoms with Gasteiger partial charge in [0.2, 0.25) is 10.0 Å². The zero-order chi connectivity index (χ0) is 21.5. The van der Waals surface area contributed by atoms with Crippen LogP contribution in [-0.2, 0) is 15.8 Å². The van der Waals surface area contributed by atoms with Gasteiger partial charge in [0.25, 0.3) is 0 Å². The fourth-order valence-electron chi connectivity index (χ4n) is 3.55. The highest BCUT2D eigenvalue weighted by molar-refractivity contribution is 9.10. The van der Waals surface area contributed by atoms with Crippen LogP contribution in [0.25, 0.3) is 11.1 Å². The molecule has 4 rings (SSSR count). The second-order valence-corrected chi connectivity index (χ2v) is 9.32. The van der Waals surface area contributed by atoms with Gasteiger partial charge >= 0.3 is 6.61 Å². The van der Waals surface area contributed by atoms with Crippen LogP contribution in [0.3, 0.4) is 0 Å². The second kappa shape index (κ2) is 7.98. The summed E-state index contributed by atoms with van der Waals surface area (Å²) in [5.74, 6) is -0.0167. The lowest BCUT2D eigenvalue weighted by Crippen LogP contribution is -2.18. The second-order valence-electron chi connectivity index (χ2n) is 6.79. The third-order valence-corrected chi connectivity index (χ3v) is 5.82. The van der Waals surface area contributed by atoms with Crippen LogP contribution in [0.2, 0.25) is 0 Å². The van der Waals surface area contributed by atoms with E-state index in [1.165, 1.54) is 6.07 Å². The van der Waals surface area contributed by atoms with E-state index in [2.05, 4.69) is 15.9 Å². The Morgan fingerprint density at radius 3 is 2.50 bits per heavy atom. The van der Waals surface area contributed by atoms with E-state index in [0.717, 1.165) is 5.56 Å². The van der Waals surface area contributed by atoms with Crippen molar-refractivity contribution in [3.8, 4) is 22.6 Å². The van der Waals surface area contributed by atoms with E-state index in [0.29, 0.717) is 32.5 Å². The molecule has 1 heterocycles. The molecule has 0 aliphatic carbocycles. The van der Waals surface area contributed by atoms with Crippen molar-refractivity contribution in [3.63, 3.8) is 0 Å². The minimum atomic E-state index is -3.75. The standard InChI is InChI=1S/C21H16BrF2NO4S/c22-14-9-17-19(18(10-14)29-21(23)24)15-7-6-12(11-30(25,26)27)8-16(15)20(28-17)13-4-2-1-3-5-13/h1-10,20-21H,11H2,(H2,25,26,27). The summed E-state index contributed by atoms with van der Waals surface area (Å²) in [6.45, 7) is -3.01. The largest absolute Gasteiger partial charge is 0.480 e. The number of nitrogens with two attached hydrogens (primary N) is 1. The molecule has 0 spiro atoms. The zero-order valence-corrected chi connectivity index (χ0v) is 17.8. The molecule has 5 nitrogen and oxygen atoms in total. The van der Waals surface area contributed by atoms with E-state index < -0.39 is 22.7 Å². The van der Waals surface area contributed by atoms with E-state index in [1.807, 2.05) is 30.3 Å². The van der Waals surface area contributed by atoms with Gasteiger partial charge < -0.3 is 9.47 Å². The summed E-state index contributed by atoms with van der Waals surface area (Å²) in [5, 5.41) is 5.19. The highest BCUT2D eigenvalue weighted by Crippen LogP contribution is 2.50. The van der Waals surface area contributed by atoms with Gasteiger partial charge in [0.1, 0.15) is 17.6 Å². The van der Waals surface area contributed by atoms with Gasteiger partial charge in [-0.25, -0.2) is 13.6 Å². The van der Waals surface area contributed by atoms with Crippen molar-refractivity contribution in [1.82, 2.24) is 0 Å². The normalized spacial score (nSPS) is 15.3. The maximum Gasteiger partial charge on any atom is 0.387 e. The van der Waals surface area contributed by atoms with E-state index in [4.69, 9.17) is 14.6 Å². The molecule has 156 valence electrons. The molecular weight excluding hydrogens is 480 g/mol. The summed E-state index contributed by atoms with van der Waals surface area (Å²) in [6, 6.07) is 17.4. The zero-order valence-electron chi connectivity index (χ0n) is 15.4. The number of benzene rings is 3. The van der Waals surface area contributed by atoms with Gasteiger partial charge in [-0.3, -0.25) is 0 Å². The molecule has 1 aliphatic heterocycles. The van der Waals surface area contributed by atoms with Gasteiger partial charge in [0.15, 0.2) is 0 Å². The van der Waals surface area contributed by atoms with Crippen LogP contribution >= 0.6 is 15.9 Å². The summed E-state index contributed by atoms with van der Waals surface area (Å²) in [7, 11) is -3.75. The minimum Gasteiger partial charge on any atom is -0.480 e. The number of primary sulfonamides is 1. The van der Waals surface area contributed by atoms with Crippen molar-refractivity contribution in [2.45, 2.75) is 18.5 Å². The quantitative estimate of drug-likeness (QED) is 0.540. The molecule has 1 atom stereocenters. The Balaban J connectivity index is 1.94. The highest BCUT2D eigenvalue weighted by Gasteiger charge is 2.31. The SMILES string of the molecule is NS(=O)(=O)Cc1ccc2c(c1)C(c1ccccc1)Oc1cc(Br)cc(OC(F)F)c1-2. The van der Waals surface area contributed by atoms with Gasteiger partial charge in [-0.15, -0.1) is 0 Å². The summed E-state index contributed by atoms with van der Waals surface area (Å²) in [4.78, 5) is 0. The first-order chi connectivity index (χ1) is 14.2. The van der Waals surface area contributed by atoms with Crippen LogP contribution in [0.1, 0.15) is 22.8 Å². The number of sulfonamides is 1. The van der Waals surface area contributed by atoms with E-state index >= 15 is 0 Å². The summed E-state index contributed by atoms with van der Waals surface area (Å²) < 4.78 is 60.7. The van der Waals surface area contributed by atoms with Crippen LogP contribution < -0.4 is 14.6 Å². The van der Waals surface area contributed by atoms with Gasteiger partial charge in [-0.05, 0) is 28.8 Å². The van der Waals surface area contributed by atoms with Crippen LogP contribution in [0, 0.1) is 0 Å². The Morgan fingerprint density at radius 2 is 1.83 bits per heavy atom. The van der Waals surface area contributed by atoms with Crippen molar-refractivity contribution in [2.24, 2.45) is 5.14 Å². The summed E-state index contributed by atoms with van der Waals surface area (Å²) in [6.07, 6.45) is -0.567. The van der Waals surface area contributed by atoms with E-state index in [1.54, 1.807) is 24.3 Å². The molecule has 9 heteroatoms. The third kappa shape index (κ3) is 4.33. The lowest BCUT2D eigenvalue weighted by atomic mass is 9.88. The maximum atomic E-state index is 13.0. The van der Waals surface area contributed by atoms with Crippen LogP contribution in [0.15, 0.2) is 65.1 Å². The number of hydrogen-bond acceptors (Lipinski definition) is 4. The van der Waals surface area contributed by atoms with Crippen LogP contribution in [0.4, 0.5) is 8.78 Å². The first-order valence-corrected chi connectivity index (χ1v) is 11.4. The van der Waals surface area contributed by atoms with E-state index in [-0.39, 0.29) is 11.5 Å². The molecule has 0 saturated heterocycles. The van der Waals surface area contributed by atoms with Gasteiger partial charge in [-0.1, -0.05) is 64.5 Å². The highest BCUT2D eigenvalue weighted by atomic mass is 79.9. The smallest absolute Gasteiger partial charge is 0.387 e. The van der Waals surface area contributed by atoms with Crippen molar-refractivity contribution in [1.29, 1.82) is 0 Å². The molecule has 0 fully saturated rings. The van der Waals surface area contributed by atoms with Gasteiger partial charge in [-0.2, -0.15) is 8.78 Å². The lowest BCUT2D eigenvalue weighted by molar-refractivity contribution is -0.0496. The molecule has 0 bridgehead atoms. The van der Waals surface area contributed by atoms with Crippen molar-refractivity contribution >= 4 is 26.0 Å². The molecule has 0 aromatic heterocycles. The Labute approximate surface area is 180 Å². The Hall–Kier alpha value is -2.49. The molecule has 0 radical (unpaired) electrons. The number of fused-ring (bicyclic) bond motifs is 3. The number of hydrogen-bond donors (Lipinski definition) is 1. The summed E-state index contributed by atoms with van der Waals surface area (Å²) >= 11 is 3.31.